The van der Waals surface area contributed by atoms with Gasteiger partial charge in [0.25, 0.3) is 15.9 Å². The number of ether oxygens (including phenoxy) is 1. The highest BCUT2D eigenvalue weighted by Gasteiger charge is 2.34. The molecule has 0 aliphatic carbocycles. The summed E-state index contributed by atoms with van der Waals surface area (Å²) in [5, 5.41) is 1.78. The van der Waals surface area contributed by atoms with Crippen LogP contribution >= 0.6 is 23.1 Å². The number of nitrogens with zero attached hydrogens (tertiary/aromatic N) is 2. The molecule has 0 N–H and O–H groups in total. The number of carbonyl (C=O) groups excluding carboxylic acids is 1. The van der Waals surface area contributed by atoms with Gasteiger partial charge in [0.2, 0.25) is 0 Å². The number of hydrogen-bond donors (Lipinski definition) is 0. The predicted octanol–water partition coefficient (Wildman–Crippen LogP) is 3.60. The molecule has 3 rings (SSSR count). The minimum absolute atomic E-state index is 0.119. The molecule has 1 aromatic heterocycles. The largest absolute Gasteiger partial charge is 0.497 e. The molecule has 1 fully saturated rings. The molecule has 27 heavy (non-hydrogen) atoms. The van der Waals surface area contributed by atoms with Crippen LogP contribution in [-0.4, -0.2) is 38.0 Å². The topological polar surface area (TPSA) is 76.0 Å². The second-order valence-electron chi connectivity index (χ2n) is 5.37. The van der Waals surface area contributed by atoms with E-state index in [1.54, 1.807) is 36.8 Å². The molecule has 140 valence electrons. The number of amides is 1. The average Bonchev–Trinajstić information content (AvgIpc) is 3.28. The van der Waals surface area contributed by atoms with Gasteiger partial charge in [0.05, 0.1) is 12.0 Å². The van der Waals surface area contributed by atoms with Gasteiger partial charge in [-0.25, -0.2) is 0 Å². The van der Waals surface area contributed by atoms with Crippen molar-refractivity contribution in [2.45, 2.75) is 4.21 Å². The summed E-state index contributed by atoms with van der Waals surface area (Å²) in [6.45, 7) is 3.80. The molecule has 0 atom stereocenters. The molecule has 0 radical (unpaired) electrons. The molecule has 1 amide bonds. The molecule has 2 aromatic rings. The molecule has 0 unspecified atom stereocenters. The number of methoxy groups -OCH3 is 1. The Kier molecular flexibility index (Phi) is 5.83. The third-order valence-electron chi connectivity index (χ3n) is 3.56. The van der Waals surface area contributed by atoms with Gasteiger partial charge in [-0.1, -0.05) is 24.3 Å². The van der Waals surface area contributed by atoms with E-state index in [0.717, 1.165) is 28.7 Å². The van der Waals surface area contributed by atoms with Crippen LogP contribution in [-0.2, 0) is 14.8 Å². The second kappa shape index (κ2) is 8.12. The molecule has 1 aliphatic rings. The van der Waals surface area contributed by atoms with Gasteiger partial charge in [-0.05, 0) is 47.0 Å². The summed E-state index contributed by atoms with van der Waals surface area (Å²) in [5.74, 6) is 0.399. The number of benzene rings is 1. The molecule has 2 heterocycles. The normalized spacial score (nSPS) is 17.7. The number of rotatable bonds is 6. The monoisotopic (exact) mass is 420 g/mol. The molecule has 0 saturated carbocycles. The molecular formula is C18H16N2O4S3. The Balaban J connectivity index is 1.95. The predicted molar refractivity (Wildman–Crippen MR) is 109 cm³/mol. The van der Waals surface area contributed by atoms with E-state index in [1.807, 2.05) is 12.1 Å². The van der Waals surface area contributed by atoms with Crippen molar-refractivity contribution in [2.24, 2.45) is 4.40 Å². The van der Waals surface area contributed by atoms with Gasteiger partial charge >= 0.3 is 0 Å². The van der Waals surface area contributed by atoms with Crippen LogP contribution in [0.3, 0.4) is 0 Å². The van der Waals surface area contributed by atoms with Crippen molar-refractivity contribution >= 4 is 50.3 Å². The standard InChI is InChI=1S/C18H16N2O4S3/c1-3-10-20-17(21)15(12-13-6-8-14(24-2)9-7-13)26-18(20)19-27(22,23)16-5-4-11-25-16/h3-9,11-12H,1,10H2,2H3. The lowest BCUT2D eigenvalue weighted by Crippen LogP contribution is -2.29. The zero-order chi connectivity index (χ0) is 19.4. The summed E-state index contributed by atoms with van der Waals surface area (Å²) in [7, 11) is -2.29. The van der Waals surface area contributed by atoms with Crippen molar-refractivity contribution in [1.29, 1.82) is 0 Å². The zero-order valence-electron chi connectivity index (χ0n) is 14.4. The summed E-state index contributed by atoms with van der Waals surface area (Å²) < 4.78 is 34.0. The van der Waals surface area contributed by atoms with Crippen molar-refractivity contribution < 1.29 is 17.9 Å². The van der Waals surface area contributed by atoms with E-state index in [2.05, 4.69) is 11.0 Å². The molecule has 1 aromatic carbocycles. The van der Waals surface area contributed by atoms with Crippen LogP contribution in [0.5, 0.6) is 5.75 Å². The Morgan fingerprint density at radius 3 is 2.59 bits per heavy atom. The highest BCUT2D eigenvalue weighted by Crippen LogP contribution is 2.34. The molecule has 0 bridgehead atoms. The summed E-state index contributed by atoms with van der Waals surface area (Å²) in [6, 6.07) is 10.3. The Hall–Kier alpha value is -2.36. The molecule has 6 nitrogen and oxygen atoms in total. The molecular weight excluding hydrogens is 404 g/mol. The number of carbonyl (C=O) groups is 1. The maximum Gasteiger partial charge on any atom is 0.294 e. The lowest BCUT2D eigenvalue weighted by Gasteiger charge is -2.12. The highest BCUT2D eigenvalue weighted by molar-refractivity contribution is 8.19. The van der Waals surface area contributed by atoms with Crippen molar-refractivity contribution in [3.05, 3.63) is 64.9 Å². The zero-order valence-corrected chi connectivity index (χ0v) is 16.8. The first-order chi connectivity index (χ1) is 12.9. The first kappa shape index (κ1) is 19.4. The number of sulfonamides is 1. The number of thiophene rings is 1. The third-order valence-corrected chi connectivity index (χ3v) is 7.32. The Morgan fingerprint density at radius 1 is 1.26 bits per heavy atom. The first-order valence-electron chi connectivity index (χ1n) is 7.79. The Labute approximate surface area is 165 Å². The summed E-state index contributed by atoms with van der Waals surface area (Å²) >= 11 is 2.11. The Morgan fingerprint density at radius 2 is 2.00 bits per heavy atom. The van der Waals surface area contributed by atoms with E-state index >= 15 is 0 Å². The fraction of sp³-hybridized carbons (Fsp3) is 0.111. The quantitative estimate of drug-likeness (QED) is 0.527. The van der Waals surface area contributed by atoms with E-state index in [0.29, 0.717) is 10.7 Å². The van der Waals surface area contributed by atoms with Crippen LogP contribution in [0.15, 0.2) is 67.9 Å². The van der Waals surface area contributed by atoms with Crippen LogP contribution in [0.1, 0.15) is 5.56 Å². The van der Waals surface area contributed by atoms with Gasteiger partial charge in [-0.3, -0.25) is 9.69 Å². The van der Waals surface area contributed by atoms with Crippen LogP contribution in [0.4, 0.5) is 0 Å². The van der Waals surface area contributed by atoms with E-state index in [-0.39, 0.29) is 21.8 Å². The van der Waals surface area contributed by atoms with E-state index in [1.165, 1.54) is 17.0 Å². The van der Waals surface area contributed by atoms with Gasteiger partial charge < -0.3 is 4.74 Å². The lowest BCUT2D eigenvalue weighted by atomic mass is 10.2. The SMILES string of the molecule is C=CCN1C(=O)C(=Cc2ccc(OC)cc2)SC1=NS(=O)(=O)c1cccs1. The minimum atomic E-state index is -3.87. The van der Waals surface area contributed by atoms with Gasteiger partial charge in [0.15, 0.2) is 5.17 Å². The maximum absolute atomic E-state index is 12.7. The Bertz CT molecular complexity index is 1010. The van der Waals surface area contributed by atoms with E-state index < -0.39 is 10.0 Å². The fourth-order valence-electron chi connectivity index (χ4n) is 2.28. The van der Waals surface area contributed by atoms with Gasteiger partial charge in [0, 0.05) is 6.54 Å². The molecule has 1 aliphatic heterocycles. The number of thioether (sulfide) groups is 1. The maximum atomic E-state index is 12.7. The van der Waals surface area contributed by atoms with Crippen molar-refractivity contribution in [1.82, 2.24) is 4.90 Å². The second-order valence-corrected chi connectivity index (χ2v) is 9.16. The molecule has 0 spiro atoms. The number of hydrogen-bond acceptors (Lipinski definition) is 6. The minimum Gasteiger partial charge on any atom is -0.497 e. The summed E-state index contributed by atoms with van der Waals surface area (Å²) in [5.41, 5.74) is 0.799. The fourth-order valence-corrected chi connectivity index (χ4v) is 5.43. The van der Waals surface area contributed by atoms with Crippen molar-refractivity contribution in [3.8, 4) is 5.75 Å². The smallest absolute Gasteiger partial charge is 0.294 e. The first-order valence-corrected chi connectivity index (χ1v) is 10.9. The van der Waals surface area contributed by atoms with Crippen LogP contribution in [0.25, 0.3) is 6.08 Å². The van der Waals surface area contributed by atoms with Gasteiger partial charge in [0.1, 0.15) is 9.96 Å². The molecule has 1 saturated heterocycles. The van der Waals surface area contributed by atoms with Crippen LogP contribution < -0.4 is 4.74 Å². The lowest BCUT2D eigenvalue weighted by molar-refractivity contribution is -0.121. The third kappa shape index (κ3) is 4.32. The van der Waals surface area contributed by atoms with Crippen molar-refractivity contribution in [3.63, 3.8) is 0 Å². The van der Waals surface area contributed by atoms with E-state index in [4.69, 9.17) is 4.74 Å². The van der Waals surface area contributed by atoms with Crippen molar-refractivity contribution in [2.75, 3.05) is 13.7 Å². The van der Waals surface area contributed by atoms with Crippen LogP contribution in [0.2, 0.25) is 0 Å². The molecule has 9 heteroatoms. The van der Waals surface area contributed by atoms with Gasteiger partial charge in [-0.2, -0.15) is 8.42 Å². The highest BCUT2D eigenvalue weighted by atomic mass is 32.2. The van der Waals surface area contributed by atoms with Gasteiger partial charge in [-0.15, -0.1) is 22.3 Å². The number of amidine groups is 1. The summed E-state index contributed by atoms with van der Waals surface area (Å²) in [4.78, 5) is 14.4. The summed E-state index contributed by atoms with van der Waals surface area (Å²) in [6.07, 6.45) is 3.23. The van der Waals surface area contributed by atoms with Crippen LogP contribution in [0, 0.1) is 0 Å². The van der Waals surface area contributed by atoms with E-state index in [9.17, 15) is 13.2 Å². The average molecular weight is 421 g/mol.